The molecule has 1 rings (SSSR count). The van der Waals surface area contributed by atoms with Crippen molar-refractivity contribution in [2.45, 2.75) is 37.5 Å². The molecule has 1 unspecified atom stereocenters. The molecule has 1 aromatic rings. The summed E-state index contributed by atoms with van der Waals surface area (Å²) in [6.45, 7) is 1.95. The van der Waals surface area contributed by atoms with Gasteiger partial charge in [0, 0.05) is 17.7 Å². The van der Waals surface area contributed by atoms with Gasteiger partial charge in [0.2, 0.25) is 0 Å². The van der Waals surface area contributed by atoms with Crippen LogP contribution < -0.4 is 4.89 Å². The SMILES string of the molecule is CCCC(=O)CCC=S(=O)(NO)c1ccccc1. The highest BCUT2D eigenvalue weighted by molar-refractivity contribution is 7.99. The van der Waals surface area contributed by atoms with Crippen molar-refractivity contribution in [2.75, 3.05) is 0 Å². The van der Waals surface area contributed by atoms with Crippen LogP contribution in [0.2, 0.25) is 0 Å². The van der Waals surface area contributed by atoms with Gasteiger partial charge in [-0.25, -0.2) is 4.21 Å². The van der Waals surface area contributed by atoms with Crippen LogP contribution in [0.3, 0.4) is 0 Å². The largest absolute Gasteiger partial charge is 0.304 e. The Bertz CT molecular complexity index is 490. The third-order valence-corrected chi connectivity index (χ3v) is 4.48. The molecule has 0 fully saturated rings. The van der Waals surface area contributed by atoms with Crippen LogP contribution in [0.1, 0.15) is 32.6 Å². The van der Waals surface area contributed by atoms with Crippen molar-refractivity contribution in [3.8, 4) is 0 Å². The number of hydrogen-bond donors (Lipinski definition) is 2. The molecule has 100 valence electrons. The van der Waals surface area contributed by atoms with Gasteiger partial charge < -0.3 is 5.21 Å². The normalized spacial score (nSPS) is 13.9. The van der Waals surface area contributed by atoms with Gasteiger partial charge in [0.05, 0.1) is 9.71 Å². The summed E-state index contributed by atoms with van der Waals surface area (Å²) in [6, 6.07) is 8.67. The van der Waals surface area contributed by atoms with E-state index in [9.17, 15) is 9.00 Å². The van der Waals surface area contributed by atoms with E-state index in [4.69, 9.17) is 5.21 Å². The molecule has 0 saturated heterocycles. The Kier molecular flexibility index (Phi) is 6.04. The van der Waals surface area contributed by atoms with Crippen molar-refractivity contribution in [1.82, 2.24) is 4.89 Å². The highest BCUT2D eigenvalue weighted by Crippen LogP contribution is 2.08. The smallest absolute Gasteiger partial charge is 0.133 e. The van der Waals surface area contributed by atoms with Crippen molar-refractivity contribution in [2.24, 2.45) is 0 Å². The number of hydrogen-bond acceptors (Lipinski definition) is 3. The Morgan fingerprint density at radius 1 is 1.33 bits per heavy atom. The van der Waals surface area contributed by atoms with E-state index < -0.39 is 9.71 Å². The van der Waals surface area contributed by atoms with Crippen molar-refractivity contribution < 1.29 is 14.2 Å². The molecular formula is C13H19NO3S. The zero-order valence-corrected chi connectivity index (χ0v) is 11.3. The summed E-state index contributed by atoms with van der Waals surface area (Å²) in [5, 5.41) is 10.5. The average Bonchev–Trinajstić information content (AvgIpc) is 2.40. The number of ketones is 1. The maximum absolute atomic E-state index is 12.4. The second-order valence-corrected chi connectivity index (χ2v) is 6.19. The third kappa shape index (κ3) is 4.25. The summed E-state index contributed by atoms with van der Waals surface area (Å²) in [5.74, 6) is 0.154. The van der Waals surface area contributed by atoms with Crippen LogP contribution >= 0.6 is 0 Å². The molecule has 1 atom stereocenters. The Hall–Kier alpha value is -1.17. The Morgan fingerprint density at radius 2 is 2.00 bits per heavy atom. The molecule has 0 radical (unpaired) electrons. The van der Waals surface area contributed by atoms with E-state index in [1.807, 2.05) is 17.9 Å². The lowest BCUT2D eigenvalue weighted by Gasteiger charge is -2.08. The van der Waals surface area contributed by atoms with Crippen LogP contribution in [0.25, 0.3) is 0 Å². The van der Waals surface area contributed by atoms with Crippen LogP contribution in [-0.2, 0) is 14.5 Å². The van der Waals surface area contributed by atoms with E-state index in [1.165, 1.54) is 5.37 Å². The fraction of sp³-hybridized carbons (Fsp3) is 0.385. The predicted octanol–water partition coefficient (Wildman–Crippen LogP) is 2.18. The van der Waals surface area contributed by atoms with Gasteiger partial charge in [-0.3, -0.25) is 4.79 Å². The van der Waals surface area contributed by atoms with E-state index >= 15 is 0 Å². The molecule has 0 aromatic heterocycles. The molecule has 0 bridgehead atoms. The minimum Gasteiger partial charge on any atom is -0.304 e. The van der Waals surface area contributed by atoms with Crippen LogP contribution in [0.5, 0.6) is 0 Å². The first kappa shape index (κ1) is 14.9. The minimum atomic E-state index is -2.79. The summed E-state index contributed by atoms with van der Waals surface area (Å²) < 4.78 is 12.4. The first-order chi connectivity index (χ1) is 8.62. The maximum Gasteiger partial charge on any atom is 0.133 e. The fourth-order valence-corrected chi connectivity index (χ4v) is 2.98. The molecule has 0 heterocycles. The van der Waals surface area contributed by atoms with Crippen LogP contribution in [0.4, 0.5) is 0 Å². The molecule has 0 aliphatic rings. The number of carbonyl (C=O) groups is 1. The maximum atomic E-state index is 12.4. The molecule has 5 heteroatoms. The molecule has 0 aliphatic heterocycles. The number of rotatable bonds is 7. The number of Topliss-reactive ketones (excluding diaryl/α,β-unsaturated/α-hetero) is 1. The Morgan fingerprint density at radius 3 is 2.56 bits per heavy atom. The quantitative estimate of drug-likeness (QED) is 0.589. The lowest BCUT2D eigenvalue weighted by atomic mass is 10.1. The number of carbonyl (C=O) groups excluding carboxylic acids is 1. The molecule has 2 N–H and O–H groups in total. The molecule has 0 saturated carbocycles. The summed E-state index contributed by atoms with van der Waals surface area (Å²) in [5.41, 5.74) is 0. The van der Waals surface area contributed by atoms with Crippen molar-refractivity contribution >= 4 is 20.9 Å². The predicted molar refractivity (Wildman–Crippen MR) is 73.0 cm³/mol. The summed E-state index contributed by atoms with van der Waals surface area (Å²) in [6.07, 6.45) is 2.12. The van der Waals surface area contributed by atoms with Gasteiger partial charge >= 0.3 is 0 Å². The molecule has 18 heavy (non-hydrogen) atoms. The molecular weight excluding hydrogens is 250 g/mol. The molecule has 0 aliphatic carbocycles. The van der Waals surface area contributed by atoms with Gasteiger partial charge in [-0.15, -0.1) is 4.89 Å². The zero-order valence-electron chi connectivity index (χ0n) is 10.5. The van der Waals surface area contributed by atoms with E-state index in [0.717, 1.165) is 6.42 Å². The summed E-state index contributed by atoms with van der Waals surface area (Å²) in [4.78, 5) is 13.7. The van der Waals surface area contributed by atoms with Crippen LogP contribution in [0, 0.1) is 0 Å². The van der Waals surface area contributed by atoms with Gasteiger partial charge in [0.15, 0.2) is 0 Å². The molecule has 4 nitrogen and oxygen atoms in total. The minimum absolute atomic E-state index is 0.154. The van der Waals surface area contributed by atoms with Gasteiger partial charge in [0.1, 0.15) is 5.78 Å². The molecule has 1 aromatic carbocycles. The molecule has 0 spiro atoms. The lowest BCUT2D eigenvalue weighted by molar-refractivity contribution is -0.118. The fourth-order valence-electron chi connectivity index (χ4n) is 1.60. The average molecular weight is 269 g/mol. The van der Waals surface area contributed by atoms with Gasteiger partial charge in [0.25, 0.3) is 0 Å². The van der Waals surface area contributed by atoms with Gasteiger partial charge in [-0.05, 0) is 30.3 Å². The Labute approximate surface area is 108 Å². The van der Waals surface area contributed by atoms with E-state index in [2.05, 4.69) is 0 Å². The van der Waals surface area contributed by atoms with Crippen molar-refractivity contribution in [3.05, 3.63) is 30.3 Å². The van der Waals surface area contributed by atoms with E-state index in [-0.39, 0.29) is 5.78 Å². The molecule has 0 amide bonds. The topological polar surface area (TPSA) is 66.4 Å². The standard InChI is InChI=1S/C13H19NO3S/c1-2-7-12(15)8-6-11-18(17,14-16)13-9-4-3-5-10-13/h3-5,9-11,16H,2,6-8H2,1H3,(H,14,17). The summed E-state index contributed by atoms with van der Waals surface area (Å²) >= 11 is 0. The number of nitrogens with one attached hydrogen (secondary N) is 1. The van der Waals surface area contributed by atoms with Gasteiger partial charge in [-0.2, -0.15) is 0 Å². The Balaban J connectivity index is 2.77. The lowest BCUT2D eigenvalue weighted by Crippen LogP contribution is -2.22. The van der Waals surface area contributed by atoms with Gasteiger partial charge in [-0.1, -0.05) is 25.1 Å². The first-order valence-corrected chi connectivity index (χ1v) is 7.59. The van der Waals surface area contributed by atoms with Crippen LogP contribution in [0.15, 0.2) is 35.2 Å². The first-order valence-electron chi connectivity index (χ1n) is 5.97. The van der Waals surface area contributed by atoms with E-state index in [0.29, 0.717) is 24.2 Å². The third-order valence-electron chi connectivity index (χ3n) is 2.53. The second kappa shape index (κ2) is 7.31. The van der Waals surface area contributed by atoms with Crippen LogP contribution in [-0.4, -0.2) is 20.6 Å². The highest BCUT2D eigenvalue weighted by atomic mass is 32.2. The number of benzene rings is 1. The second-order valence-electron chi connectivity index (χ2n) is 4.00. The van der Waals surface area contributed by atoms with Crippen molar-refractivity contribution in [1.29, 1.82) is 0 Å². The summed E-state index contributed by atoms with van der Waals surface area (Å²) in [7, 11) is -2.79. The van der Waals surface area contributed by atoms with Crippen molar-refractivity contribution in [3.63, 3.8) is 0 Å². The highest BCUT2D eigenvalue weighted by Gasteiger charge is 2.08. The van der Waals surface area contributed by atoms with E-state index in [1.54, 1.807) is 24.3 Å². The monoisotopic (exact) mass is 269 g/mol. The zero-order chi connectivity index (χ0) is 13.4.